The Labute approximate surface area is 88.4 Å². The molecular weight excluding hydrogens is 202 g/mol. The van der Waals surface area contributed by atoms with E-state index in [1.807, 2.05) is 0 Å². The molecule has 1 amide bonds. The summed E-state index contributed by atoms with van der Waals surface area (Å²) in [6.45, 7) is 0.696. The van der Waals surface area contributed by atoms with E-state index in [-0.39, 0.29) is 18.4 Å². The van der Waals surface area contributed by atoms with Crippen LogP contribution in [0, 0.1) is 5.92 Å². The van der Waals surface area contributed by atoms with Crippen molar-refractivity contribution < 1.29 is 13.6 Å². The summed E-state index contributed by atoms with van der Waals surface area (Å²) in [6, 6.07) is -0.276. The van der Waals surface area contributed by atoms with Crippen molar-refractivity contribution in [3.63, 3.8) is 0 Å². The maximum atomic E-state index is 12.0. The normalized spacial score (nSPS) is 27.7. The van der Waals surface area contributed by atoms with Gasteiger partial charge in [0.2, 0.25) is 12.3 Å². The van der Waals surface area contributed by atoms with E-state index in [9.17, 15) is 13.6 Å². The Morgan fingerprint density at radius 1 is 1.40 bits per heavy atom. The van der Waals surface area contributed by atoms with E-state index in [0.29, 0.717) is 25.3 Å². The van der Waals surface area contributed by atoms with Crippen molar-refractivity contribution in [2.75, 3.05) is 6.54 Å². The highest BCUT2D eigenvalue weighted by atomic mass is 19.3. The second-order valence-electron chi connectivity index (χ2n) is 4.11. The van der Waals surface area contributed by atoms with E-state index >= 15 is 0 Å². The number of carbonyl (C=O) groups excluding carboxylic acids is 1. The third-order valence-corrected chi connectivity index (χ3v) is 2.94. The zero-order chi connectivity index (χ0) is 11.3. The Kier molecular flexibility index (Phi) is 4.94. The van der Waals surface area contributed by atoms with Gasteiger partial charge in [0, 0.05) is 6.42 Å². The van der Waals surface area contributed by atoms with Gasteiger partial charge in [-0.05, 0) is 38.1 Å². The Bertz CT molecular complexity index is 212. The number of halogens is 2. The van der Waals surface area contributed by atoms with Gasteiger partial charge in [0.25, 0.3) is 0 Å². The molecular formula is C10H18F2N2O. The first kappa shape index (κ1) is 12.4. The molecule has 0 aromatic rings. The fourth-order valence-corrected chi connectivity index (χ4v) is 2.00. The number of alkyl halides is 2. The second-order valence-corrected chi connectivity index (χ2v) is 4.11. The summed E-state index contributed by atoms with van der Waals surface area (Å²) in [7, 11) is 0. The highest BCUT2D eigenvalue weighted by Crippen LogP contribution is 2.22. The molecule has 1 aliphatic heterocycles. The minimum atomic E-state index is -2.21. The SMILES string of the molecule is NC(=O)[C@@H]1CC[C@H](CCC(F)F)CCN1. The summed E-state index contributed by atoms with van der Waals surface area (Å²) >= 11 is 0. The van der Waals surface area contributed by atoms with Crippen molar-refractivity contribution in [3.8, 4) is 0 Å². The first-order valence-corrected chi connectivity index (χ1v) is 5.40. The van der Waals surface area contributed by atoms with Crippen LogP contribution in [0.4, 0.5) is 8.78 Å². The molecule has 88 valence electrons. The number of amides is 1. The molecule has 0 aliphatic carbocycles. The van der Waals surface area contributed by atoms with Crippen molar-refractivity contribution in [1.29, 1.82) is 0 Å². The van der Waals surface area contributed by atoms with Gasteiger partial charge in [-0.15, -0.1) is 0 Å². The van der Waals surface area contributed by atoms with Crippen LogP contribution in [0.1, 0.15) is 32.1 Å². The van der Waals surface area contributed by atoms with Crippen LogP contribution in [-0.4, -0.2) is 24.9 Å². The molecule has 2 atom stereocenters. The highest BCUT2D eigenvalue weighted by Gasteiger charge is 2.22. The van der Waals surface area contributed by atoms with Gasteiger partial charge in [0.1, 0.15) is 0 Å². The molecule has 0 unspecified atom stereocenters. The Balaban J connectivity index is 2.29. The van der Waals surface area contributed by atoms with Crippen LogP contribution >= 0.6 is 0 Å². The van der Waals surface area contributed by atoms with Gasteiger partial charge in [-0.2, -0.15) is 0 Å². The number of nitrogens with one attached hydrogen (secondary N) is 1. The lowest BCUT2D eigenvalue weighted by Gasteiger charge is -2.12. The maximum Gasteiger partial charge on any atom is 0.238 e. The molecule has 3 nitrogen and oxygen atoms in total. The zero-order valence-electron chi connectivity index (χ0n) is 8.72. The Morgan fingerprint density at radius 2 is 2.13 bits per heavy atom. The molecule has 1 rings (SSSR count). The largest absolute Gasteiger partial charge is 0.368 e. The van der Waals surface area contributed by atoms with Crippen LogP contribution in [0.5, 0.6) is 0 Å². The third-order valence-electron chi connectivity index (χ3n) is 2.94. The first-order valence-electron chi connectivity index (χ1n) is 5.40. The minimum Gasteiger partial charge on any atom is -0.368 e. The number of carbonyl (C=O) groups is 1. The standard InChI is InChI=1S/C10H18F2N2O/c11-9(12)4-2-7-1-3-8(10(13)15)14-6-5-7/h7-9,14H,1-6H2,(H2,13,15)/t7-,8+/m1/s1. The smallest absolute Gasteiger partial charge is 0.238 e. The predicted octanol–water partition coefficient (Wildman–Crippen LogP) is 1.28. The molecule has 0 saturated carbocycles. The second kappa shape index (κ2) is 6.00. The molecule has 0 spiro atoms. The summed E-state index contributed by atoms with van der Waals surface area (Å²) in [6.07, 6.45) is 0.636. The molecule has 0 bridgehead atoms. The van der Waals surface area contributed by atoms with Gasteiger partial charge in [0.15, 0.2) is 0 Å². The topological polar surface area (TPSA) is 55.1 Å². The van der Waals surface area contributed by atoms with E-state index in [2.05, 4.69) is 5.32 Å². The lowest BCUT2D eigenvalue weighted by molar-refractivity contribution is -0.120. The molecule has 1 heterocycles. The monoisotopic (exact) mass is 220 g/mol. The van der Waals surface area contributed by atoms with Gasteiger partial charge >= 0.3 is 0 Å². The van der Waals surface area contributed by atoms with E-state index < -0.39 is 6.43 Å². The molecule has 0 aromatic heterocycles. The number of nitrogens with two attached hydrogens (primary N) is 1. The first-order chi connectivity index (χ1) is 7.09. The van der Waals surface area contributed by atoms with E-state index in [1.165, 1.54) is 0 Å². The number of hydrogen-bond donors (Lipinski definition) is 2. The fourth-order valence-electron chi connectivity index (χ4n) is 2.00. The lowest BCUT2D eigenvalue weighted by Crippen LogP contribution is -2.40. The van der Waals surface area contributed by atoms with Crippen molar-refractivity contribution >= 4 is 5.91 Å². The van der Waals surface area contributed by atoms with Gasteiger partial charge in [0.05, 0.1) is 6.04 Å². The van der Waals surface area contributed by atoms with Gasteiger partial charge < -0.3 is 11.1 Å². The fraction of sp³-hybridized carbons (Fsp3) is 0.900. The van der Waals surface area contributed by atoms with Gasteiger partial charge in [-0.25, -0.2) is 8.78 Å². The van der Waals surface area contributed by atoms with E-state index in [1.54, 1.807) is 0 Å². The number of rotatable bonds is 4. The van der Waals surface area contributed by atoms with E-state index in [0.717, 1.165) is 12.8 Å². The van der Waals surface area contributed by atoms with Crippen LogP contribution in [0.15, 0.2) is 0 Å². The molecule has 1 fully saturated rings. The predicted molar refractivity (Wildman–Crippen MR) is 53.6 cm³/mol. The van der Waals surface area contributed by atoms with Crippen LogP contribution < -0.4 is 11.1 Å². The molecule has 1 aliphatic rings. The molecule has 0 aromatic carbocycles. The van der Waals surface area contributed by atoms with Crippen molar-refractivity contribution in [2.24, 2.45) is 11.7 Å². The summed E-state index contributed by atoms with van der Waals surface area (Å²) in [5.41, 5.74) is 5.18. The maximum absolute atomic E-state index is 12.0. The van der Waals surface area contributed by atoms with Crippen molar-refractivity contribution in [1.82, 2.24) is 5.32 Å². The average Bonchev–Trinajstić information content (AvgIpc) is 2.39. The summed E-state index contributed by atoms with van der Waals surface area (Å²) in [5.74, 6) is -0.0413. The number of hydrogen-bond acceptors (Lipinski definition) is 2. The number of primary amides is 1. The lowest BCUT2D eigenvalue weighted by atomic mass is 9.94. The highest BCUT2D eigenvalue weighted by molar-refractivity contribution is 5.79. The molecule has 15 heavy (non-hydrogen) atoms. The molecule has 0 radical (unpaired) electrons. The minimum absolute atomic E-state index is 0.0358. The summed E-state index contributed by atoms with van der Waals surface area (Å²) in [5, 5.41) is 3.04. The Morgan fingerprint density at radius 3 is 2.73 bits per heavy atom. The third kappa shape index (κ3) is 4.55. The summed E-state index contributed by atoms with van der Waals surface area (Å²) < 4.78 is 24.0. The Hall–Kier alpha value is -0.710. The van der Waals surface area contributed by atoms with Crippen LogP contribution in [0.25, 0.3) is 0 Å². The van der Waals surface area contributed by atoms with Crippen LogP contribution in [0.3, 0.4) is 0 Å². The molecule has 3 N–H and O–H groups in total. The molecule has 1 saturated heterocycles. The average molecular weight is 220 g/mol. The van der Waals surface area contributed by atoms with Crippen LogP contribution in [-0.2, 0) is 4.79 Å². The van der Waals surface area contributed by atoms with Gasteiger partial charge in [-0.1, -0.05) is 0 Å². The van der Waals surface area contributed by atoms with Gasteiger partial charge in [-0.3, -0.25) is 4.79 Å². The van der Waals surface area contributed by atoms with E-state index in [4.69, 9.17) is 5.73 Å². The molecule has 5 heteroatoms. The zero-order valence-corrected chi connectivity index (χ0v) is 8.72. The van der Waals surface area contributed by atoms with Crippen LogP contribution in [0.2, 0.25) is 0 Å². The summed E-state index contributed by atoms with van der Waals surface area (Å²) in [4.78, 5) is 10.9. The van der Waals surface area contributed by atoms with Crippen molar-refractivity contribution in [2.45, 2.75) is 44.6 Å². The van der Waals surface area contributed by atoms with Crippen molar-refractivity contribution in [3.05, 3.63) is 0 Å². The quantitative estimate of drug-likeness (QED) is 0.749.